The van der Waals surface area contributed by atoms with Gasteiger partial charge in [0.1, 0.15) is 11.5 Å². The predicted molar refractivity (Wildman–Crippen MR) is 96.4 cm³/mol. The Kier molecular flexibility index (Phi) is 3.81. The molecule has 1 aliphatic rings. The van der Waals surface area contributed by atoms with Crippen LogP contribution in [0.5, 0.6) is 17.2 Å². The smallest absolute Gasteiger partial charge is 0.343 e. The van der Waals surface area contributed by atoms with Gasteiger partial charge in [0, 0.05) is 5.92 Å². The second kappa shape index (κ2) is 6.18. The van der Waals surface area contributed by atoms with Gasteiger partial charge in [-0.2, -0.15) is 5.26 Å². The molecule has 134 valence electrons. The largest absolute Gasteiger partial charge is 0.504 e. The van der Waals surface area contributed by atoms with Crippen molar-refractivity contribution >= 4 is 16.9 Å². The molecule has 0 amide bonds. The second-order valence-electron chi connectivity index (χ2n) is 6.11. The van der Waals surface area contributed by atoms with E-state index < -0.39 is 17.5 Å². The fraction of sp³-hybridized carbons (Fsp3) is 0.150. The zero-order chi connectivity index (χ0) is 19.1. The molecule has 7 heteroatoms. The van der Waals surface area contributed by atoms with Gasteiger partial charge in [0.05, 0.1) is 24.1 Å². The molecule has 2 aromatic carbocycles. The number of rotatable bonds is 2. The van der Waals surface area contributed by atoms with Gasteiger partial charge in [-0.15, -0.1) is 0 Å². The van der Waals surface area contributed by atoms with Crippen molar-refractivity contribution in [1.82, 2.24) is 0 Å². The summed E-state index contributed by atoms with van der Waals surface area (Å²) in [5.41, 5.74) is 0.414. The lowest BCUT2D eigenvalue weighted by atomic mass is 9.79. The average Bonchev–Trinajstić information content (AvgIpc) is 2.67. The monoisotopic (exact) mass is 362 g/mol. The van der Waals surface area contributed by atoms with Gasteiger partial charge in [0.25, 0.3) is 0 Å². The Labute approximate surface area is 153 Å². The van der Waals surface area contributed by atoms with Gasteiger partial charge in [0.2, 0.25) is 5.90 Å². The van der Waals surface area contributed by atoms with E-state index in [4.69, 9.17) is 19.3 Å². The van der Waals surface area contributed by atoms with Gasteiger partial charge in [-0.05, 0) is 29.8 Å². The lowest BCUT2D eigenvalue weighted by molar-refractivity contribution is 0.372. The topological polar surface area (TPSA) is 117 Å². The van der Waals surface area contributed by atoms with Crippen molar-refractivity contribution in [2.45, 2.75) is 5.92 Å². The number of nitrogens with zero attached hydrogens (tertiary/aromatic N) is 1. The Morgan fingerprint density at radius 2 is 2.04 bits per heavy atom. The van der Waals surface area contributed by atoms with Crippen LogP contribution in [0.25, 0.3) is 11.0 Å². The number of benzene rings is 2. The maximum absolute atomic E-state index is 12.7. The number of fused-ring (bicyclic) bond motifs is 3. The average molecular weight is 362 g/mol. The van der Waals surface area contributed by atoms with Gasteiger partial charge >= 0.3 is 5.63 Å². The molecule has 2 atom stereocenters. The van der Waals surface area contributed by atoms with Gasteiger partial charge in [-0.1, -0.05) is 18.2 Å². The summed E-state index contributed by atoms with van der Waals surface area (Å²) in [7, 11) is 1.41. The number of hydrogen-bond acceptors (Lipinski definition) is 7. The van der Waals surface area contributed by atoms with Crippen LogP contribution in [0.1, 0.15) is 17.0 Å². The molecule has 1 aliphatic heterocycles. The molecule has 27 heavy (non-hydrogen) atoms. The maximum Gasteiger partial charge on any atom is 0.343 e. The lowest BCUT2D eigenvalue weighted by Crippen LogP contribution is -2.34. The molecule has 0 saturated heterocycles. The molecule has 0 radical (unpaired) electrons. The van der Waals surface area contributed by atoms with E-state index in [9.17, 15) is 15.2 Å². The van der Waals surface area contributed by atoms with Crippen molar-refractivity contribution in [1.29, 1.82) is 10.7 Å². The fourth-order valence-corrected chi connectivity index (χ4v) is 3.39. The first-order valence-corrected chi connectivity index (χ1v) is 8.13. The van der Waals surface area contributed by atoms with Crippen LogP contribution in [0.15, 0.2) is 51.7 Å². The number of methoxy groups -OCH3 is 1. The number of para-hydroxylation sites is 1. The van der Waals surface area contributed by atoms with Gasteiger partial charge in [-0.25, -0.2) is 4.79 Å². The van der Waals surface area contributed by atoms with E-state index in [0.29, 0.717) is 16.5 Å². The van der Waals surface area contributed by atoms with Crippen LogP contribution in [0.2, 0.25) is 0 Å². The van der Waals surface area contributed by atoms with Crippen molar-refractivity contribution in [3.63, 3.8) is 0 Å². The molecule has 2 unspecified atom stereocenters. The van der Waals surface area contributed by atoms with Crippen LogP contribution < -0.4 is 15.1 Å². The Morgan fingerprint density at radius 1 is 1.26 bits per heavy atom. The number of ether oxygens (including phenoxy) is 2. The molecule has 3 aromatic rings. The third kappa shape index (κ3) is 2.50. The third-order valence-corrected chi connectivity index (χ3v) is 4.64. The van der Waals surface area contributed by atoms with Crippen molar-refractivity contribution in [3.05, 3.63) is 64.0 Å². The van der Waals surface area contributed by atoms with Gasteiger partial charge < -0.3 is 19.0 Å². The number of nitrogens with one attached hydrogen (secondary N) is 1. The number of nitriles is 1. The minimum absolute atomic E-state index is 0.0670. The molecular formula is C20H14N2O5. The van der Waals surface area contributed by atoms with Crippen molar-refractivity contribution in [3.8, 4) is 23.3 Å². The Bertz CT molecular complexity index is 1180. The summed E-state index contributed by atoms with van der Waals surface area (Å²) in [6, 6.07) is 13.5. The molecule has 7 nitrogen and oxygen atoms in total. The van der Waals surface area contributed by atoms with E-state index in [2.05, 4.69) is 0 Å². The van der Waals surface area contributed by atoms with Crippen LogP contribution in [0, 0.1) is 22.7 Å². The van der Waals surface area contributed by atoms with Crippen LogP contribution in [-0.4, -0.2) is 18.1 Å². The minimum Gasteiger partial charge on any atom is -0.504 e. The highest BCUT2D eigenvalue weighted by molar-refractivity contribution is 5.93. The molecular weight excluding hydrogens is 348 g/mol. The van der Waals surface area contributed by atoms with Crippen molar-refractivity contribution in [2.75, 3.05) is 7.11 Å². The highest BCUT2D eigenvalue weighted by atomic mass is 16.5. The summed E-state index contributed by atoms with van der Waals surface area (Å²) >= 11 is 0. The van der Waals surface area contributed by atoms with E-state index in [0.717, 1.165) is 0 Å². The standard InChI is InChI=1S/C20H14N2O5/c1-25-15-8-10(6-7-13(15)23)16-12(9-21)19(22)27-18-11-4-2-3-5-14(11)26-20(24)17(16)18/h2-8,12,16,22-23H,1H3. The lowest BCUT2D eigenvalue weighted by Gasteiger charge is -2.29. The van der Waals surface area contributed by atoms with Crippen LogP contribution >= 0.6 is 0 Å². The maximum atomic E-state index is 12.7. The van der Waals surface area contributed by atoms with E-state index >= 15 is 0 Å². The molecule has 2 N–H and O–H groups in total. The van der Waals surface area contributed by atoms with Crippen LogP contribution in [-0.2, 0) is 0 Å². The zero-order valence-corrected chi connectivity index (χ0v) is 14.2. The Hall–Kier alpha value is -3.79. The van der Waals surface area contributed by atoms with Gasteiger partial charge in [-0.3, -0.25) is 5.41 Å². The third-order valence-electron chi connectivity index (χ3n) is 4.64. The summed E-state index contributed by atoms with van der Waals surface area (Å²) in [6.45, 7) is 0. The molecule has 0 spiro atoms. The van der Waals surface area contributed by atoms with Crippen molar-refractivity contribution < 1.29 is 19.0 Å². The molecule has 0 saturated carbocycles. The number of phenolic OH excluding ortho intramolecular Hbond substituents is 1. The van der Waals surface area contributed by atoms with Crippen molar-refractivity contribution in [2.24, 2.45) is 5.92 Å². The molecule has 2 heterocycles. The quantitative estimate of drug-likeness (QED) is 0.677. The van der Waals surface area contributed by atoms with E-state index in [1.165, 1.54) is 13.2 Å². The normalized spacial score (nSPS) is 18.4. The predicted octanol–water partition coefficient (Wildman–Crippen LogP) is 3.15. The summed E-state index contributed by atoms with van der Waals surface area (Å²) in [4.78, 5) is 12.7. The fourth-order valence-electron chi connectivity index (χ4n) is 3.39. The molecule has 0 aliphatic carbocycles. The first-order chi connectivity index (χ1) is 13.0. The molecule has 0 fully saturated rings. The van der Waals surface area contributed by atoms with E-state index in [-0.39, 0.29) is 28.7 Å². The first-order valence-electron chi connectivity index (χ1n) is 8.13. The SMILES string of the molecule is COc1cc(C2c3c(c4ccccc4oc3=O)OC(=N)C2C#N)ccc1O. The zero-order valence-electron chi connectivity index (χ0n) is 14.2. The summed E-state index contributed by atoms with van der Waals surface area (Å²) in [6.07, 6.45) is 0. The number of aromatic hydroxyl groups is 1. The number of hydrogen-bond donors (Lipinski definition) is 2. The molecule has 0 bridgehead atoms. The summed E-state index contributed by atoms with van der Waals surface area (Å²) in [5, 5.41) is 28.2. The van der Waals surface area contributed by atoms with Crippen LogP contribution in [0.4, 0.5) is 0 Å². The molecule has 4 rings (SSSR count). The highest BCUT2D eigenvalue weighted by Crippen LogP contribution is 2.44. The van der Waals surface area contributed by atoms with E-state index in [1.54, 1.807) is 36.4 Å². The highest BCUT2D eigenvalue weighted by Gasteiger charge is 2.40. The first kappa shape index (κ1) is 16.7. The van der Waals surface area contributed by atoms with Gasteiger partial charge in [0.15, 0.2) is 17.2 Å². The summed E-state index contributed by atoms with van der Waals surface area (Å²) in [5.74, 6) is -1.71. The van der Waals surface area contributed by atoms with Crippen LogP contribution in [0.3, 0.4) is 0 Å². The Morgan fingerprint density at radius 3 is 2.78 bits per heavy atom. The Balaban J connectivity index is 2.05. The number of phenols is 1. The second-order valence-corrected chi connectivity index (χ2v) is 6.11. The van der Waals surface area contributed by atoms with E-state index in [1.807, 2.05) is 6.07 Å². The summed E-state index contributed by atoms with van der Waals surface area (Å²) < 4.78 is 16.1. The minimum atomic E-state index is -1.02. The molecule has 1 aromatic heterocycles.